The lowest BCUT2D eigenvalue weighted by atomic mass is 10.1. The Morgan fingerprint density at radius 2 is 2.10 bits per heavy atom. The number of hydrogen-bond acceptors (Lipinski definition) is 3. The minimum absolute atomic E-state index is 0. The molecule has 1 aliphatic heterocycles. The molecule has 0 saturated carbocycles. The number of carbonyl (C=O) groups is 1. The fourth-order valence-corrected chi connectivity index (χ4v) is 2.64. The highest BCUT2D eigenvalue weighted by atomic mass is 35.5. The summed E-state index contributed by atoms with van der Waals surface area (Å²) >= 11 is 5.90. The van der Waals surface area contributed by atoms with Crippen LogP contribution < -0.4 is 10.1 Å². The maximum atomic E-state index is 12.1. The Hall–Kier alpha value is -0.970. The van der Waals surface area contributed by atoms with Gasteiger partial charge in [-0.2, -0.15) is 0 Å². The van der Waals surface area contributed by atoms with Crippen LogP contribution in [0.5, 0.6) is 5.75 Å². The van der Waals surface area contributed by atoms with Gasteiger partial charge in [0.15, 0.2) is 6.61 Å². The minimum atomic E-state index is 0. The zero-order chi connectivity index (χ0) is 14.5. The summed E-state index contributed by atoms with van der Waals surface area (Å²) < 4.78 is 5.60. The van der Waals surface area contributed by atoms with Gasteiger partial charge in [-0.25, -0.2) is 0 Å². The van der Waals surface area contributed by atoms with E-state index in [1.165, 1.54) is 0 Å². The summed E-state index contributed by atoms with van der Waals surface area (Å²) in [6.07, 6.45) is 2.00. The molecule has 0 radical (unpaired) electrons. The average Bonchev–Trinajstić information content (AvgIpc) is 2.46. The number of ether oxygens (including phenoxy) is 1. The SMILES string of the molecule is Cc1cc(Cl)ccc1OCC(=O)N(C)C1CCNCC1.Cl. The predicted molar refractivity (Wildman–Crippen MR) is 87.6 cm³/mol. The molecule has 0 unspecified atom stereocenters. The molecular weight excluding hydrogens is 311 g/mol. The van der Waals surface area contributed by atoms with Crippen molar-refractivity contribution in [3.05, 3.63) is 28.8 Å². The molecule has 1 heterocycles. The minimum Gasteiger partial charge on any atom is -0.483 e. The van der Waals surface area contributed by atoms with Crippen LogP contribution in [0.2, 0.25) is 5.02 Å². The molecular formula is C15H22Cl2N2O2. The smallest absolute Gasteiger partial charge is 0.260 e. The fourth-order valence-electron chi connectivity index (χ4n) is 2.41. The van der Waals surface area contributed by atoms with Crippen LogP contribution >= 0.6 is 24.0 Å². The number of nitrogens with one attached hydrogen (secondary N) is 1. The lowest BCUT2D eigenvalue weighted by Gasteiger charge is -2.31. The molecule has 1 aliphatic rings. The number of hydrogen-bond donors (Lipinski definition) is 1. The summed E-state index contributed by atoms with van der Waals surface area (Å²) in [6.45, 7) is 3.93. The molecule has 1 fully saturated rings. The van der Waals surface area contributed by atoms with Gasteiger partial charge in [0.05, 0.1) is 0 Å². The summed E-state index contributed by atoms with van der Waals surface area (Å²) in [5.41, 5.74) is 0.940. The third-order valence-corrected chi connectivity index (χ3v) is 3.97. The first kappa shape index (κ1) is 18.1. The van der Waals surface area contributed by atoms with Crippen LogP contribution in [0.4, 0.5) is 0 Å². The van der Waals surface area contributed by atoms with Gasteiger partial charge < -0.3 is 15.0 Å². The molecule has 1 aromatic rings. The highest BCUT2D eigenvalue weighted by Crippen LogP contribution is 2.22. The van der Waals surface area contributed by atoms with Gasteiger partial charge in [0, 0.05) is 18.1 Å². The number of aryl methyl sites for hydroxylation is 1. The van der Waals surface area contributed by atoms with Gasteiger partial charge in [0.25, 0.3) is 5.91 Å². The molecule has 118 valence electrons. The molecule has 0 aromatic heterocycles. The Morgan fingerprint density at radius 3 is 2.71 bits per heavy atom. The van der Waals surface area contributed by atoms with Crippen molar-refractivity contribution < 1.29 is 9.53 Å². The molecule has 0 aliphatic carbocycles. The lowest BCUT2D eigenvalue weighted by Crippen LogP contribution is -2.45. The van der Waals surface area contributed by atoms with E-state index in [2.05, 4.69) is 5.32 Å². The zero-order valence-electron chi connectivity index (χ0n) is 12.4. The van der Waals surface area contributed by atoms with Crippen LogP contribution in [0, 0.1) is 6.92 Å². The van der Waals surface area contributed by atoms with Crippen molar-refractivity contribution in [1.29, 1.82) is 0 Å². The van der Waals surface area contributed by atoms with Gasteiger partial charge in [-0.3, -0.25) is 4.79 Å². The Bertz CT molecular complexity index is 477. The van der Waals surface area contributed by atoms with Gasteiger partial charge >= 0.3 is 0 Å². The van der Waals surface area contributed by atoms with Crippen molar-refractivity contribution in [2.45, 2.75) is 25.8 Å². The van der Waals surface area contributed by atoms with Crippen LogP contribution in [0.1, 0.15) is 18.4 Å². The van der Waals surface area contributed by atoms with Crippen molar-refractivity contribution in [1.82, 2.24) is 10.2 Å². The third-order valence-electron chi connectivity index (χ3n) is 3.74. The van der Waals surface area contributed by atoms with Crippen molar-refractivity contribution >= 4 is 29.9 Å². The second kappa shape index (κ2) is 8.47. The van der Waals surface area contributed by atoms with Crippen LogP contribution in [-0.4, -0.2) is 43.6 Å². The molecule has 1 N–H and O–H groups in total. The van der Waals surface area contributed by atoms with E-state index in [0.29, 0.717) is 16.8 Å². The second-order valence-corrected chi connectivity index (χ2v) is 5.62. The summed E-state index contributed by atoms with van der Waals surface area (Å²) in [4.78, 5) is 14.0. The number of likely N-dealkylation sites (N-methyl/N-ethyl adjacent to an activating group) is 1. The van der Waals surface area contributed by atoms with Crippen LogP contribution in [0.15, 0.2) is 18.2 Å². The van der Waals surface area contributed by atoms with Gasteiger partial charge in [-0.1, -0.05) is 11.6 Å². The summed E-state index contributed by atoms with van der Waals surface area (Å²) in [7, 11) is 1.86. The molecule has 0 spiro atoms. The number of amides is 1. The van der Waals surface area contributed by atoms with E-state index in [-0.39, 0.29) is 24.9 Å². The number of piperidine rings is 1. The second-order valence-electron chi connectivity index (χ2n) is 5.18. The molecule has 1 saturated heterocycles. The summed E-state index contributed by atoms with van der Waals surface area (Å²) in [5, 5.41) is 3.97. The largest absolute Gasteiger partial charge is 0.483 e. The third kappa shape index (κ3) is 5.06. The zero-order valence-corrected chi connectivity index (χ0v) is 14.0. The van der Waals surface area contributed by atoms with Crippen LogP contribution in [0.3, 0.4) is 0 Å². The first-order valence-corrected chi connectivity index (χ1v) is 7.31. The molecule has 21 heavy (non-hydrogen) atoms. The van der Waals surface area contributed by atoms with Crippen molar-refractivity contribution in [3.8, 4) is 5.75 Å². The molecule has 1 aromatic carbocycles. The quantitative estimate of drug-likeness (QED) is 0.921. The van der Waals surface area contributed by atoms with E-state index in [9.17, 15) is 4.79 Å². The van der Waals surface area contributed by atoms with Gasteiger partial charge in [0.2, 0.25) is 0 Å². The first-order valence-electron chi connectivity index (χ1n) is 6.93. The molecule has 0 bridgehead atoms. The average molecular weight is 333 g/mol. The fraction of sp³-hybridized carbons (Fsp3) is 0.533. The van der Waals surface area contributed by atoms with Crippen molar-refractivity contribution in [2.24, 2.45) is 0 Å². The van der Waals surface area contributed by atoms with Gasteiger partial charge in [-0.15, -0.1) is 12.4 Å². The van der Waals surface area contributed by atoms with Crippen LogP contribution in [0.25, 0.3) is 0 Å². The maximum absolute atomic E-state index is 12.1. The number of carbonyl (C=O) groups excluding carboxylic acids is 1. The highest BCUT2D eigenvalue weighted by Gasteiger charge is 2.22. The number of benzene rings is 1. The standard InChI is InChI=1S/C15H21ClN2O2.ClH/c1-11-9-12(16)3-4-14(11)20-10-15(19)18(2)13-5-7-17-8-6-13;/h3-4,9,13,17H,5-8,10H2,1-2H3;1H. The van der Waals surface area contributed by atoms with Crippen molar-refractivity contribution in [3.63, 3.8) is 0 Å². The Morgan fingerprint density at radius 1 is 1.43 bits per heavy atom. The normalized spacial score (nSPS) is 15.2. The summed E-state index contributed by atoms with van der Waals surface area (Å²) in [5.74, 6) is 0.729. The van der Waals surface area contributed by atoms with E-state index in [4.69, 9.17) is 16.3 Å². The Labute approximate surface area is 137 Å². The number of rotatable bonds is 4. The topological polar surface area (TPSA) is 41.6 Å². The van der Waals surface area contributed by atoms with Crippen molar-refractivity contribution in [2.75, 3.05) is 26.7 Å². The highest BCUT2D eigenvalue weighted by molar-refractivity contribution is 6.30. The summed E-state index contributed by atoms with van der Waals surface area (Å²) in [6, 6.07) is 5.72. The van der Waals surface area contributed by atoms with Gasteiger partial charge in [-0.05, 0) is 56.6 Å². The lowest BCUT2D eigenvalue weighted by molar-refractivity contribution is -0.134. The van der Waals surface area contributed by atoms with E-state index in [0.717, 1.165) is 31.5 Å². The van der Waals surface area contributed by atoms with E-state index < -0.39 is 0 Å². The van der Waals surface area contributed by atoms with E-state index in [1.807, 2.05) is 24.9 Å². The van der Waals surface area contributed by atoms with Gasteiger partial charge in [0.1, 0.15) is 5.75 Å². The maximum Gasteiger partial charge on any atom is 0.260 e. The van der Waals surface area contributed by atoms with Crippen LogP contribution in [-0.2, 0) is 4.79 Å². The molecule has 4 nitrogen and oxygen atoms in total. The molecule has 6 heteroatoms. The number of nitrogens with zero attached hydrogens (tertiary/aromatic N) is 1. The first-order chi connectivity index (χ1) is 9.58. The molecule has 1 amide bonds. The van der Waals surface area contributed by atoms with E-state index in [1.54, 1.807) is 12.1 Å². The predicted octanol–water partition coefficient (Wildman–Crippen LogP) is 2.66. The Balaban J connectivity index is 0.00000220. The Kier molecular flexibility index (Phi) is 7.29. The molecule has 0 atom stereocenters. The van der Waals surface area contributed by atoms with E-state index >= 15 is 0 Å². The number of halogens is 2. The monoisotopic (exact) mass is 332 g/mol. The molecule has 2 rings (SSSR count).